The Bertz CT molecular complexity index is 94.9. The molecule has 0 atom stereocenters. The molecule has 47 valence electrons. The molecular formula is CH6MnO4S. The van der Waals surface area contributed by atoms with Crippen LogP contribution in [0.3, 0.4) is 0 Å². The van der Waals surface area contributed by atoms with E-state index < -0.39 is 10.4 Å². The fourth-order valence-corrected chi connectivity index (χ4v) is 0. The van der Waals surface area contributed by atoms with Crippen LogP contribution in [0.25, 0.3) is 0 Å². The Morgan fingerprint density at radius 3 is 1.14 bits per heavy atom. The molecule has 0 aliphatic rings. The Kier molecular flexibility index (Phi) is 10.2. The molecule has 0 aromatic rings. The summed E-state index contributed by atoms with van der Waals surface area (Å²) in [5.74, 6) is 0. The van der Waals surface area contributed by atoms with Crippen molar-refractivity contribution in [1.29, 1.82) is 0 Å². The third kappa shape index (κ3) is 812. The zero-order valence-corrected chi connectivity index (χ0v) is 4.49. The maximum absolute atomic E-state index is 8.74. The van der Waals surface area contributed by atoms with Crippen LogP contribution in [0.1, 0.15) is 7.43 Å². The molecule has 0 aliphatic heterocycles. The average Bonchev–Trinajstić information content (AvgIpc) is 0.722. The molecule has 0 bridgehead atoms. The van der Waals surface area contributed by atoms with Crippen molar-refractivity contribution in [2.75, 3.05) is 0 Å². The molecule has 0 heterocycles. The van der Waals surface area contributed by atoms with E-state index in [0.717, 1.165) is 0 Å². The van der Waals surface area contributed by atoms with Gasteiger partial charge in [-0.25, -0.2) is 0 Å². The summed E-state index contributed by atoms with van der Waals surface area (Å²) in [6.45, 7) is 0. The van der Waals surface area contributed by atoms with E-state index in [-0.39, 0.29) is 24.5 Å². The normalized spacial score (nSPS) is 8.29. The molecule has 7 heavy (non-hydrogen) atoms. The average molecular weight is 169 g/mol. The maximum atomic E-state index is 8.74. The van der Waals surface area contributed by atoms with Crippen LogP contribution < -0.4 is 0 Å². The number of hydrogen-bond donors (Lipinski definition) is 2. The standard InChI is InChI=1S/CH4.Mn.H2O4S/c;;1-5(2,3)4/h1H4;;(H2,1,2,3,4). The van der Waals surface area contributed by atoms with Crippen molar-refractivity contribution in [3.63, 3.8) is 0 Å². The third-order valence-electron chi connectivity index (χ3n) is 0. The molecule has 4 nitrogen and oxygen atoms in total. The van der Waals surface area contributed by atoms with Crippen molar-refractivity contribution >= 4 is 10.4 Å². The van der Waals surface area contributed by atoms with Gasteiger partial charge in [0.15, 0.2) is 0 Å². The van der Waals surface area contributed by atoms with Gasteiger partial charge in [0.25, 0.3) is 0 Å². The zero-order valence-electron chi connectivity index (χ0n) is 2.50. The van der Waals surface area contributed by atoms with Gasteiger partial charge in [-0.15, -0.1) is 0 Å². The molecule has 6 heteroatoms. The summed E-state index contributed by atoms with van der Waals surface area (Å²) in [6, 6.07) is 0. The molecule has 0 aliphatic carbocycles. The van der Waals surface area contributed by atoms with Crippen LogP contribution in [0.15, 0.2) is 0 Å². The summed E-state index contributed by atoms with van der Waals surface area (Å²) in [6.07, 6.45) is 0. The largest absolute Gasteiger partial charge is 0.394 e. The summed E-state index contributed by atoms with van der Waals surface area (Å²) in [7, 11) is -4.67. The first-order valence-corrected chi connectivity index (χ1v) is 2.10. The van der Waals surface area contributed by atoms with Gasteiger partial charge in [-0.3, -0.25) is 9.11 Å². The summed E-state index contributed by atoms with van der Waals surface area (Å²) in [5.41, 5.74) is 0. The summed E-state index contributed by atoms with van der Waals surface area (Å²) in [4.78, 5) is 0. The molecule has 0 amide bonds. The molecule has 0 rings (SSSR count). The predicted octanol–water partition coefficient (Wildman–Crippen LogP) is -0.0192. The minimum atomic E-state index is -4.67. The third-order valence-corrected chi connectivity index (χ3v) is 0. The SMILES string of the molecule is C.O=S(=O)(O)O.[Mn]. The van der Waals surface area contributed by atoms with Crippen LogP contribution in [0.4, 0.5) is 0 Å². The van der Waals surface area contributed by atoms with Crippen LogP contribution in [0, 0.1) is 0 Å². The Morgan fingerprint density at radius 2 is 1.14 bits per heavy atom. The van der Waals surface area contributed by atoms with E-state index in [1.165, 1.54) is 0 Å². The second-order valence-corrected chi connectivity index (χ2v) is 1.34. The first-order chi connectivity index (χ1) is 2.00. The van der Waals surface area contributed by atoms with Crippen LogP contribution in [0.2, 0.25) is 0 Å². The molecule has 0 unspecified atom stereocenters. The molecule has 0 saturated heterocycles. The van der Waals surface area contributed by atoms with Gasteiger partial charge in [-0.1, -0.05) is 7.43 Å². The topological polar surface area (TPSA) is 74.6 Å². The summed E-state index contributed by atoms with van der Waals surface area (Å²) < 4.78 is 31.6. The first kappa shape index (κ1) is 15.7. The van der Waals surface area contributed by atoms with E-state index >= 15 is 0 Å². The van der Waals surface area contributed by atoms with Crippen molar-refractivity contribution < 1.29 is 34.6 Å². The molecule has 1 radical (unpaired) electrons. The van der Waals surface area contributed by atoms with E-state index in [4.69, 9.17) is 17.5 Å². The summed E-state index contributed by atoms with van der Waals surface area (Å²) in [5, 5.41) is 0. The van der Waals surface area contributed by atoms with Crippen molar-refractivity contribution in [2.24, 2.45) is 0 Å². The van der Waals surface area contributed by atoms with Crippen LogP contribution >= 0.6 is 0 Å². The number of hydrogen-bond acceptors (Lipinski definition) is 2. The van der Waals surface area contributed by atoms with Crippen LogP contribution in [-0.2, 0) is 27.5 Å². The van der Waals surface area contributed by atoms with Crippen LogP contribution in [-0.4, -0.2) is 17.5 Å². The van der Waals surface area contributed by atoms with Gasteiger partial charge in [0.1, 0.15) is 0 Å². The van der Waals surface area contributed by atoms with Crippen LogP contribution in [0.5, 0.6) is 0 Å². The maximum Gasteiger partial charge on any atom is 0.394 e. The fraction of sp³-hybridized carbons (Fsp3) is 1.00. The Hall–Kier alpha value is 0.389. The Balaban J connectivity index is -0.0000000800. The van der Waals surface area contributed by atoms with E-state index in [1.54, 1.807) is 0 Å². The minimum Gasteiger partial charge on any atom is -0.264 e. The minimum absolute atomic E-state index is 0. The molecular weight excluding hydrogens is 163 g/mol. The van der Waals surface area contributed by atoms with Crippen molar-refractivity contribution in [3.8, 4) is 0 Å². The molecule has 0 fully saturated rings. The second kappa shape index (κ2) is 4.55. The zero-order chi connectivity index (χ0) is 4.50. The predicted molar refractivity (Wildman–Crippen MR) is 20.9 cm³/mol. The molecule has 0 saturated carbocycles. The van der Waals surface area contributed by atoms with Crippen molar-refractivity contribution in [3.05, 3.63) is 0 Å². The van der Waals surface area contributed by atoms with Gasteiger partial charge in [0.05, 0.1) is 0 Å². The molecule has 2 N–H and O–H groups in total. The van der Waals surface area contributed by atoms with Gasteiger partial charge in [0.2, 0.25) is 0 Å². The molecule has 0 aromatic heterocycles. The summed E-state index contributed by atoms with van der Waals surface area (Å²) >= 11 is 0. The number of rotatable bonds is 0. The molecule has 0 spiro atoms. The Labute approximate surface area is 53.0 Å². The van der Waals surface area contributed by atoms with Gasteiger partial charge >= 0.3 is 10.4 Å². The van der Waals surface area contributed by atoms with Gasteiger partial charge in [-0.2, -0.15) is 8.42 Å². The van der Waals surface area contributed by atoms with Gasteiger partial charge in [0, 0.05) is 17.1 Å². The second-order valence-electron chi connectivity index (χ2n) is 0.448. The first-order valence-electron chi connectivity index (χ1n) is 0.698. The van der Waals surface area contributed by atoms with Gasteiger partial charge in [-0.05, 0) is 0 Å². The monoisotopic (exact) mass is 169 g/mol. The van der Waals surface area contributed by atoms with E-state index in [1.807, 2.05) is 0 Å². The van der Waals surface area contributed by atoms with E-state index in [2.05, 4.69) is 0 Å². The van der Waals surface area contributed by atoms with Gasteiger partial charge < -0.3 is 0 Å². The quantitative estimate of drug-likeness (QED) is 0.394. The fourth-order valence-electron chi connectivity index (χ4n) is 0. The smallest absolute Gasteiger partial charge is 0.264 e. The molecule has 0 aromatic carbocycles. The van der Waals surface area contributed by atoms with Crippen molar-refractivity contribution in [2.45, 2.75) is 7.43 Å². The Morgan fingerprint density at radius 1 is 1.14 bits per heavy atom. The van der Waals surface area contributed by atoms with E-state index in [0.29, 0.717) is 0 Å². The van der Waals surface area contributed by atoms with Crippen molar-refractivity contribution in [1.82, 2.24) is 0 Å². The van der Waals surface area contributed by atoms with E-state index in [9.17, 15) is 0 Å².